The van der Waals surface area contributed by atoms with Gasteiger partial charge in [0.05, 0.1) is 4.90 Å². The third-order valence-corrected chi connectivity index (χ3v) is 7.58. The molecule has 0 aliphatic heterocycles. The van der Waals surface area contributed by atoms with Gasteiger partial charge in [0.2, 0.25) is 10.0 Å². The maximum Gasteiger partial charge on any atom is 0.339 e. The highest BCUT2D eigenvalue weighted by molar-refractivity contribution is 7.89. The molecular weight excluding hydrogens is 466 g/mol. The summed E-state index contributed by atoms with van der Waals surface area (Å²) in [6, 6.07) is 18.4. The molecule has 0 amide bonds. The predicted molar refractivity (Wildman–Crippen MR) is 131 cm³/mol. The lowest BCUT2D eigenvalue weighted by Gasteiger charge is -2.18. The van der Waals surface area contributed by atoms with Crippen LogP contribution in [0, 0.1) is 6.92 Å². The van der Waals surface area contributed by atoms with E-state index in [9.17, 15) is 18.0 Å². The summed E-state index contributed by atoms with van der Waals surface area (Å²) in [5.74, 6) is -0.659. The summed E-state index contributed by atoms with van der Waals surface area (Å²) in [6.07, 6.45) is 2.40. The van der Waals surface area contributed by atoms with E-state index in [4.69, 9.17) is 9.15 Å². The second-order valence-electron chi connectivity index (χ2n) is 8.56. The van der Waals surface area contributed by atoms with Gasteiger partial charge >= 0.3 is 11.6 Å². The monoisotopic (exact) mass is 489 g/mol. The number of benzene rings is 3. The number of nitrogens with one attached hydrogen (secondary N) is 1. The number of fused-ring (bicyclic) bond motifs is 3. The van der Waals surface area contributed by atoms with Crippen LogP contribution in [0.3, 0.4) is 0 Å². The molecule has 1 aliphatic rings. The third kappa shape index (κ3) is 4.62. The fraction of sp³-hybridized carbons (Fsp3) is 0.185. The fourth-order valence-corrected chi connectivity index (χ4v) is 5.51. The maximum atomic E-state index is 13.2. The quantitative estimate of drug-likeness (QED) is 0.247. The van der Waals surface area contributed by atoms with Crippen molar-refractivity contribution in [3.05, 3.63) is 105 Å². The Hall–Kier alpha value is -3.75. The first-order chi connectivity index (χ1) is 16.8. The van der Waals surface area contributed by atoms with Crippen molar-refractivity contribution in [1.29, 1.82) is 0 Å². The van der Waals surface area contributed by atoms with Crippen molar-refractivity contribution in [2.75, 3.05) is 0 Å². The van der Waals surface area contributed by atoms with Crippen LogP contribution in [-0.4, -0.2) is 14.4 Å². The van der Waals surface area contributed by atoms with E-state index in [1.54, 1.807) is 54.6 Å². The molecule has 0 fully saturated rings. The van der Waals surface area contributed by atoms with Gasteiger partial charge in [0.1, 0.15) is 17.4 Å². The van der Waals surface area contributed by atoms with Crippen LogP contribution in [0.5, 0.6) is 5.75 Å². The van der Waals surface area contributed by atoms with Gasteiger partial charge in [-0.1, -0.05) is 48.0 Å². The van der Waals surface area contributed by atoms with Crippen LogP contribution in [0.1, 0.15) is 34.7 Å². The Balaban J connectivity index is 1.46. The molecule has 1 heterocycles. The van der Waals surface area contributed by atoms with Crippen molar-refractivity contribution in [1.82, 2.24) is 4.72 Å². The molecule has 8 heteroatoms. The molecule has 0 radical (unpaired) electrons. The summed E-state index contributed by atoms with van der Waals surface area (Å²) in [6.45, 7) is 1.86. The largest absolute Gasteiger partial charge is 0.425 e. The van der Waals surface area contributed by atoms with Crippen LogP contribution < -0.4 is 15.1 Å². The molecule has 0 saturated carbocycles. The van der Waals surface area contributed by atoms with Crippen molar-refractivity contribution >= 4 is 27.0 Å². The smallest absolute Gasteiger partial charge is 0.339 e. The molecule has 7 nitrogen and oxygen atoms in total. The Morgan fingerprint density at radius 2 is 1.69 bits per heavy atom. The number of aryl methyl sites for hydroxylation is 2. The van der Waals surface area contributed by atoms with Gasteiger partial charge in [-0.15, -0.1) is 0 Å². The van der Waals surface area contributed by atoms with E-state index >= 15 is 0 Å². The molecule has 35 heavy (non-hydrogen) atoms. The van der Waals surface area contributed by atoms with Gasteiger partial charge < -0.3 is 9.15 Å². The van der Waals surface area contributed by atoms with E-state index in [1.807, 2.05) is 6.92 Å². The van der Waals surface area contributed by atoms with Crippen molar-refractivity contribution in [3.8, 4) is 5.75 Å². The molecular formula is C27H23NO6S. The molecule has 1 aromatic heterocycles. The number of esters is 1. The highest BCUT2D eigenvalue weighted by atomic mass is 32.2. The molecule has 0 bridgehead atoms. The highest BCUT2D eigenvalue weighted by Gasteiger charge is 2.29. The Labute approximate surface area is 202 Å². The lowest BCUT2D eigenvalue weighted by Crippen LogP contribution is -2.36. The van der Waals surface area contributed by atoms with E-state index in [2.05, 4.69) is 4.72 Å². The molecule has 1 atom stereocenters. The molecule has 5 rings (SSSR count). The Morgan fingerprint density at radius 1 is 0.971 bits per heavy atom. The van der Waals surface area contributed by atoms with Crippen LogP contribution in [0.4, 0.5) is 0 Å². The van der Waals surface area contributed by atoms with Gasteiger partial charge in [-0.05, 0) is 61.6 Å². The average molecular weight is 490 g/mol. The van der Waals surface area contributed by atoms with Crippen LogP contribution in [-0.2, 0) is 27.7 Å². The Bertz CT molecular complexity index is 1570. The van der Waals surface area contributed by atoms with E-state index in [0.29, 0.717) is 23.1 Å². The van der Waals surface area contributed by atoms with Crippen LogP contribution in [0.15, 0.2) is 86.9 Å². The Kier molecular flexibility index (Phi) is 6.00. The van der Waals surface area contributed by atoms with E-state index in [0.717, 1.165) is 29.4 Å². The summed E-state index contributed by atoms with van der Waals surface area (Å²) < 4.78 is 39.6. The van der Waals surface area contributed by atoms with E-state index in [1.165, 1.54) is 18.2 Å². The van der Waals surface area contributed by atoms with Gasteiger partial charge in [-0.25, -0.2) is 18.0 Å². The minimum absolute atomic E-state index is 0.0400. The van der Waals surface area contributed by atoms with Crippen molar-refractivity contribution in [2.24, 2.45) is 0 Å². The van der Waals surface area contributed by atoms with Gasteiger partial charge in [0, 0.05) is 17.0 Å². The minimum atomic E-state index is -4.02. The van der Waals surface area contributed by atoms with Gasteiger partial charge in [0.25, 0.3) is 0 Å². The fourth-order valence-electron chi connectivity index (χ4n) is 4.34. The van der Waals surface area contributed by atoms with Gasteiger partial charge in [0.15, 0.2) is 0 Å². The normalized spacial score (nSPS) is 14.0. The van der Waals surface area contributed by atoms with Crippen LogP contribution >= 0.6 is 0 Å². The van der Waals surface area contributed by atoms with Crippen molar-refractivity contribution in [3.63, 3.8) is 0 Å². The zero-order chi connectivity index (χ0) is 24.6. The molecule has 4 aromatic rings. The lowest BCUT2D eigenvalue weighted by atomic mass is 10.1. The number of carbonyl (C=O) groups excluding carboxylic acids is 1. The zero-order valence-corrected chi connectivity index (χ0v) is 19.8. The first-order valence-corrected chi connectivity index (χ1v) is 12.7. The van der Waals surface area contributed by atoms with Gasteiger partial charge in [-0.3, -0.25) is 0 Å². The third-order valence-electron chi connectivity index (χ3n) is 6.14. The number of ether oxygens (including phenoxy) is 1. The highest BCUT2D eigenvalue weighted by Crippen LogP contribution is 2.30. The van der Waals surface area contributed by atoms with Crippen molar-refractivity contribution in [2.45, 2.75) is 37.1 Å². The SMILES string of the molecule is Cc1ccc(S(=O)(=O)N[C@H](C(=O)Oc2ccc3c4c(c(=O)oc3c2)CCC4)c2ccccc2)cc1. The summed E-state index contributed by atoms with van der Waals surface area (Å²) in [7, 11) is -4.02. The van der Waals surface area contributed by atoms with Crippen LogP contribution in [0.25, 0.3) is 11.0 Å². The molecule has 3 aromatic carbocycles. The standard InChI is InChI=1S/C27H23NO6S/c1-17-10-13-20(14-11-17)35(31,32)28-25(18-6-3-2-4-7-18)27(30)33-19-12-15-22-21-8-5-9-23(21)26(29)34-24(22)16-19/h2-4,6-7,10-16,25,28H,5,8-9H2,1H3/t25-/m0/s1. The second kappa shape index (κ2) is 9.13. The topological polar surface area (TPSA) is 103 Å². The van der Waals surface area contributed by atoms with E-state index in [-0.39, 0.29) is 16.3 Å². The predicted octanol–water partition coefficient (Wildman–Crippen LogP) is 4.22. The van der Waals surface area contributed by atoms with Gasteiger partial charge in [-0.2, -0.15) is 4.72 Å². The molecule has 178 valence electrons. The first-order valence-electron chi connectivity index (χ1n) is 11.3. The summed E-state index contributed by atoms with van der Waals surface area (Å²) in [5, 5.41) is 0.816. The molecule has 1 N–H and O–H groups in total. The van der Waals surface area contributed by atoms with Crippen LogP contribution in [0.2, 0.25) is 0 Å². The minimum Gasteiger partial charge on any atom is -0.425 e. The number of hydrogen-bond acceptors (Lipinski definition) is 6. The number of carbonyl (C=O) groups is 1. The summed E-state index contributed by atoms with van der Waals surface area (Å²) in [5.41, 5.74) is 2.98. The second-order valence-corrected chi connectivity index (χ2v) is 10.3. The maximum absolute atomic E-state index is 13.2. The Morgan fingerprint density at radius 3 is 2.43 bits per heavy atom. The first kappa shape index (κ1) is 23.0. The summed E-state index contributed by atoms with van der Waals surface area (Å²) >= 11 is 0. The number of hydrogen-bond donors (Lipinski definition) is 1. The summed E-state index contributed by atoms with van der Waals surface area (Å²) in [4.78, 5) is 25.6. The average Bonchev–Trinajstić information content (AvgIpc) is 3.34. The molecule has 1 aliphatic carbocycles. The van der Waals surface area contributed by atoms with Crippen molar-refractivity contribution < 1.29 is 22.4 Å². The zero-order valence-electron chi connectivity index (χ0n) is 19.0. The molecule has 0 spiro atoms. The lowest BCUT2D eigenvalue weighted by molar-refractivity contribution is -0.136. The molecule has 0 saturated heterocycles. The number of rotatable bonds is 6. The van der Waals surface area contributed by atoms with E-state index < -0.39 is 22.0 Å². The number of sulfonamides is 1. The molecule has 0 unspecified atom stereocenters.